The van der Waals surface area contributed by atoms with Crippen LogP contribution >= 0.6 is 11.6 Å². The lowest BCUT2D eigenvalue weighted by atomic mass is 10.1. The van der Waals surface area contributed by atoms with Gasteiger partial charge in [0.25, 0.3) is 5.91 Å². The molecule has 0 radical (unpaired) electrons. The lowest BCUT2D eigenvalue weighted by Gasteiger charge is -2.12. The highest BCUT2D eigenvalue weighted by Crippen LogP contribution is 2.23. The van der Waals surface area contributed by atoms with Crippen molar-refractivity contribution in [1.29, 1.82) is 0 Å². The van der Waals surface area contributed by atoms with Crippen molar-refractivity contribution in [3.63, 3.8) is 0 Å². The summed E-state index contributed by atoms with van der Waals surface area (Å²) in [6.07, 6.45) is 2.82. The first-order chi connectivity index (χ1) is 10.2. The molecule has 0 saturated carbocycles. The Kier molecular flexibility index (Phi) is 5.36. The molecule has 0 aliphatic rings. The Balaban J connectivity index is 2.32. The van der Waals surface area contributed by atoms with Crippen LogP contribution in [0.4, 0.5) is 0 Å². The molecule has 112 valence electrons. The van der Waals surface area contributed by atoms with Crippen molar-refractivity contribution >= 4 is 17.5 Å². The van der Waals surface area contributed by atoms with Crippen LogP contribution in [0.15, 0.2) is 30.5 Å². The summed E-state index contributed by atoms with van der Waals surface area (Å²) in [7, 11) is 1.58. The fourth-order valence-electron chi connectivity index (χ4n) is 2.03. The largest absolute Gasteiger partial charge is 0.354 e. The number of hydrogen-bond acceptors (Lipinski definition) is 3. The lowest BCUT2D eigenvalue weighted by Crippen LogP contribution is -2.19. The fourth-order valence-corrected chi connectivity index (χ4v) is 2.27. The highest BCUT2D eigenvalue weighted by atomic mass is 35.5. The third kappa shape index (κ3) is 3.62. The summed E-state index contributed by atoms with van der Waals surface area (Å²) in [4.78, 5) is 11.6. The van der Waals surface area contributed by atoms with Crippen LogP contribution in [0.25, 0.3) is 5.69 Å². The van der Waals surface area contributed by atoms with E-state index in [1.165, 1.54) is 0 Å². The van der Waals surface area contributed by atoms with Gasteiger partial charge in [0.2, 0.25) is 0 Å². The Morgan fingerprint density at radius 3 is 2.90 bits per heavy atom. The first kappa shape index (κ1) is 15.5. The molecule has 1 amide bonds. The van der Waals surface area contributed by atoms with E-state index in [2.05, 4.69) is 22.7 Å². The summed E-state index contributed by atoms with van der Waals surface area (Å²) >= 11 is 6.29. The second-order valence-electron chi connectivity index (χ2n) is 4.64. The van der Waals surface area contributed by atoms with Gasteiger partial charge >= 0.3 is 0 Å². The summed E-state index contributed by atoms with van der Waals surface area (Å²) in [6.45, 7) is 3.70. The highest BCUT2D eigenvalue weighted by Gasteiger charge is 2.12. The summed E-state index contributed by atoms with van der Waals surface area (Å²) < 4.78 is 1.68. The molecular weight excluding hydrogens is 288 g/mol. The zero-order valence-corrected chi connectivity index (χ0v) is 12.9. The number of nitrogens with one attached hydrogen (secondary N) is 2. The number of benzene rings is 1. The summed E-state index contributed by atoms with van der Waals surface area (Å²) in [5, 5.41) is 10.9. The lowest BCUT2D eigenvalue weighted by molar-refractivity contribution is 0.0957. The molecule has 6 heteroatoms. The van der Waals surface area contributed by atoms with Gasteiger partial charge in [0.05, 0.1) is 5.69 Å². The maximum Gasteiger partial charge on any atom is 0.271 e. The van der Waals surface area contributed by atoms with Gasteiger partial charge < -0.3 is 10.6 Å². The number of aromatic nitrogens is 2. The predicted molar refractivity (Wildman–Crippen MR) is 84.0 cm³/mol. The number of hydrogen-bond donors (Lipinski definition) is 2. The van der Waals surface area contributed by atoms with Crippen molar-refractivity contribution in [2.45, 2.75) is 19.9 Å². The fraction of sp³-hybridized carbons (Fsp3) is 0.333. The van der Waals surface area contributed by atoms with E-state index in [-0.39, 0.29) is 5.91 Å². The molecule has 1 aromatic heterocycles. The topological polar surface area (TPSA) is 59.0 Å². The molecule has 5 nitrogen and oxygen atoms in total. The van der Waals surface area contributed by atoms with Crippen LogP contribution in [0.1, 0.15) is 29.4 Å². The smallest absolute Gasteiger partial charge is 0.271 e. The highest BCUT2D eigenvalue weighted by molar-refractivity contribution is 6.31. The molecule has 1 heterocycles. The molecule has 0 aliphatic carbocycles. The zero-order valence-electron chi connectivity index (χ0n) is 12.2. The molecular formula is C15H19ClN4O. The van der Waals surface area contributed by atoms with Crippen molar-refractivity contribution in [3.8, 4) is 5.69 Å². The van der Waals surface area contributed by atoms with Crippen LogP contribution in [0.2, 0.25) is 5.02 Å². The molecule has 2 rings (SSSR count). The van der Waals surface area contributed by atoms with Gasteiger partial charge in [-0.25, -0.2) is 4.68 Å². The van der Waals surface area contributed by atoms with Gasteiger partial charge in [-0.2, -0.15) is 5.10 Å². The average molecular weight is 307 g/mol. The maximum atomic E-state index is 11.6. The molecule has 0 unspecified atom stereocenters. The van der Waals surface area contributed by atoms with Crippen LogP contribution in [0.5, 0.6) is 0 Å². The molecule has 0 fully saturated rings. The van der Waals surface area contributed by atoms with Gasteiger partial charge in [0.15, 0.2) is 5.69 Å². The Labute approximate surface area is 129 Å². The number of carbonyl (C=O) groups excluding carboxylic acids is 1. The van der Waals surface area contributed by atoms with Gasteiger partial charge in [-0.1, -0.05) is 24.6 Å². The van der Waals surface area contributed by atoms with Crippen molar-refractivity contribution in [2.75, 3.05) is 13.6 Å². The van der Waals surface area contributed by atoms with E-state index in [9.17, 15) is 4.79 Å². The molecule has 0 aliphatic heterocycles. The van der Waals surface area contributed by atoms with Crippen molar-refractivity contribution in [2.24, 2.45) is 0 Å². The van der Waals surface area contributed by atoms with E-state index in [0.717, 1.165) is 24.2 Å². The third-order valence-corrected chi connectivity index (χ3v) is 3.47. The average Bonchev–Trinajstić information content (AvgIpc) is 2.98. The first-order valence-corrected chi connectivity index (χ1v) is 7.31. The monoisotopic (exact) mass is 306 g/mol. The van der Waals surface area contributed by atoms with E-state index in [1.807, 2.05) is 18.2 Å². The molecule has 21 heavy (non-hydrogen) atoms. The molecule has 1 aromatic carbocycles. The second kappa shape index (κ2) is 7.24. The van der Waals surface area contributed by atoms with Crippen LogP contribution < -0.4 is 10.6 Å². The van der Waals surface area contributed by atoms with Gasteiger partial charge in [0, 0.05) is 30.4 Å². The number of amides is 1. The van der Waals surface area contributed by atoms with E-state index in [0.29, 0.717) is 17.3 Å². The van der Waals surface area contributed by atoms with E-state index in [4.69, 9.17) is 11.6 Å². The van der Waals surface area contributed by atoms with Crippen molar-refractivity contribution < 1.29 is 4.79 Å². The van der Waals surface area contributed by atoms with Crippen molar-refractivity contribution in [1.82, 2.24) is 20.4 Å². The normalized spacial score (nSPS) is 10.6. The molecule has 0 saturated heterocycles. The van der Waals surface area contributed by atoms with Gasteiger partial charge in [-0.3, -0.25) is 4.79 Å². The minimum Gasteiger partial charge on any atom is -0.354 e. The van der Waals surface area contributed by atoms with E-state index in [1.54, 1.807) is 24.0 Å². The minimum atomic E-state index is -0.207. The Hall–Kier alpha value is -1.85. The zero-order chi connectivity index (χ0) is 15.2. The van der Waals surface area contributed by atoms with Gasteiger partial charge in [0.1, 0.15) is 0 Å². The predicted octanol–water partition coefficient (Wildman–Crippen LogP) is 2.38. The molecule has 0 spiro atoms. The molecule has 0 bridgehead atoms. The molecule has 0 atom stereocenters. The summed E-state index contributed by atoms with van der Waals surface area (Å²) in [5.41, 5.74) is 2.23. The number of rotatable bonds is 6. The maximum absolute atomic E-state index is 11.6. The van der Waals surface area contributed by atoms with Crippen LogP contribution in [0, 0.1) is 0 Å². The summed E-state index contributed by atoms with van der Waals surface area (Å²) in [5.74, 6) is -0.207. The van der Waals surface area contributed by atoms with Gasteiger partial charge in [-0.05, 0) is 31.2 Å². The third-order valence-electron chi connectivity index (χ3n) is 3.12. The molecule has 2 aromatic rings. The SMILES string of the molecule is CCCNCc1c(Cl)cccc1-n1ccc(C(=O)NC)n1. The van der Waals surface area contributed by atoms with Gasteiger partial charge in [-0.15, -0.1) is 0 Å². The second-order valence-corrected chi connectivity index (χ2v) is 5.05. The quantitative estimate of drug-likeness (QED) is 0.806. The number of halogens is 1. The number of nitrogens with zero attached hydrogens (tertiary/aromatic N) is 2. The standard InChI is InChI=1S/C15H19ClN4O/c1-3-8-18-10-11-12(16)5-4-6-14(11)20-9-7-13(19-20)15(21)17-2/h4-7,9,18H,3,8,10H2,1-2H3,(H,17,21). The Bertz CT molecular complexity index is 624. The van der Waals surface area contributed by atoms with E-state index >= 15 is 0 Å². The van der Waals surface area contributed by atoms with E-state index < -0.39 is 0 Å². The molecule has 2 N–H and O–H groups in total. The minimum absolute atomic E-state index is 0.207. The van der Waals surface area contributed by atoms with Crippen LogP contribution in [-0.2, 0) is 6.54 Å². The van der Waals surface area contributed by atoms with Crippen molar-refractivity contribution in [3.05, 3.63) is 46.7 Å². The van der Waals surface area contributed by atoms with Crippen LogP contribution in [0.3, 0.4) is 0 Å². The number of carbonyl (C=O) groups is 1. The van der Waals surface area contributed by atoms with Crippen LogP contribution in [-0.4, -0.2) is 29.3 Å². The Morgan fingerprint density at radius 2 is 2.19 bits per heavy atom. The first-order valence-electron chi connectivity index (χ1n) is 6.93. The summed E-state index contributed by atoms with van der Waals surface area (Å²) in [6, 6.07) is 7.36. The Morgan fingerprint density at radius 1 is 1.38 bits per heavy atom.